The predicted octanol–water partition coefficient (Wildman–Crippen LogP) is 1.77. The highest BCUT2D eigenvalue weighted by molar-refractivity contribution is 7.99. The fourth-order valence-electron chi connectivity index (χ4n) is 0.364. The van der Waals surface area contributed by atoms with Crippen LogP contribution in [0.25, 0.3) is 0 Å². The standard InChI is InChI=1S/C8H10S/c1-3-5-7-9-8-6-4-2/h1-2H,5-8H2. The first kappa shape index (κ1) is 8.47. The molecule has 0 saturated heterocycles. The number of hydrogen-bond donors (Lipinski definition) is 0. The van der Waals surface area contributed by atoms with Crippen molar-refractivity contribution in [3.63, 3.8) is 0 Å². The molecule has 0 fully saturated rings. The fraction of sp³-hybridized carbons (Fsp3) is 0.500. The highest BCUT2D eigenvalue weighted by atomic mass is 32.2. The Labute approximate surface area is 61.4 Å². The van der Waals surface area contributed by atoms with Crippen molar-refractivity contribution >= 4 is 11.8 Å². The Morgan fingerprint density at radius 1 is 1.00 bits per heavy atom. The summed E-state index contributed by atoms with van der Waals surface area (Å²) in [6.07, 6.45) is 11.8. The number of hydrogen-bond acceptors (Lipinski definition) is 1. The molecule has 0 unspecified atom stereocenters. The highest BCUT2D eigenvalue weighted by Gasteiger charge is 1.83. The molecule has 0 rings (SSSR count). The zero-order chi connectivity index (χ0) is 6.95. The first-order valence-corrected chi connectivity index (χ1v) is 4.02. The van der Waals surface area contributed by atoms with Crippen molar-refractivity contribution in [2.45, 2.75) is 12.8 Å². The summed E-state index contributed by atoms with van der Waals surface area (Å²) >= 11 is 1.82. The molecular weight excluding hydrogens is 128 g/mol. The van der Waals surface area contributed by atoms with E-state index < -0.39 is 0 Å². The fourth-order valence-corrected chi connectivity index (χ4v) is 1.09. The van der Waals surface area contributed by atoms with Gasteiger partial charge in [0.05, 0.1) is 0 Å². The Balaban J connectivity index is 2.79. The number of terminal acetylenes is 2. The van der Waals surface area contributed by atoms with Crippen LogP contribution in [0.3, 0.4) is 0 Å². The summed E-state index contributed by atoms with van der Waals surface area (Å²) in [7, 11) is 0. The second kappa shape index (κ2) is 7.47. The molecule has 0 aliphatic carbocycles. The molecule has 48 valence electrons. The maximum atomic E-state index is 5.04. The van der Waals surface area contributed by atoms with Gasteiger partial charge in [-0.2, -0.15) is 11.8 Å². The summed E-state index contributed by atoms with van der Waals surface area (Å²) in [5.74, 6) is 7.22. The molecule has 0 saturated carbocycles. The lowest BCUT2D eigenvalue weighted by Gasteiger charge is -1.91. The van der Waals surface area contributed by atoms with Crippen LogP contribution in [0.15, 0.2) is 0 Å². The van der Waals surface area contributed by atoms with Gasteiger partial charge in [0, 0.05) is 24.3 Å². The van der Waals surface area contributed by atoms with Crippen LogP contribution in [0.1, 0.15) is 12.8 Å². The van der Waals surface area contributed by atoms with Crippen LogP contribution in [-0.2, 0) is 0 Å². The van der Waals surface area contributed by atoms with Gasteiger partial charge >= 0.3 is 0 Å². The van der Waals surface area contributed by atoms with Crippen LogP contribution in [-0.4, -0.2) is 11.5 Å². The summed E-state index contributed by atoms with van der Waals surface area (Å²) in [6, 6.07) is 0. The molecule has 0 aromatic rings. The van der Waals surface area contributed by atoms with Crippen molar-refractivity contribution in [2.24, 2.45) is 0 Å². The van der Waals surface area contributed by atoms with Gasteiger partial charge in [0.2, 0.25) is 0 Å². The van der Waals surface area contributed by atoms with E-state index >= 15 is 0 Å². The van der Waals surface area contributed by atoms with Gasteiger partial charge in [-0.05, 0) is 0 Å². The highest BCUT2D eigenvalue weighted by Crippen LogP contribution is 2.02. The van der Waals surface area contributed by atoms with Gasteiger partial charge < -0.3 is 0 Å². The normalized spacial score (nSPS) is 7.78. The average molecular weight is 138 g/mol. The van der Waals surface area contributed by atoms with E-state index in [1.54, 1.807) is 0 Å². The van der Waals surface area contributed by atoms with Gasteiger partial charge in [0.15, 0.2) is 0 Å². The van der Waals surface area contributed by atoms with Crippen molar-refractivity contribution in [2.75, 3.05) is 11.5 Å². The zero-order valence-corrected chi connectivity index (χ0v) is 6.21. The van der Waals surface area contributed by atoms with E-state index in [1.807, 2.05) is 11.8 Å². The molecule has 0 amide bonds. The molecule has 0 aromatic heterocycles. The molecule has 0 heterocycles. The second-order valence-electron chi connectivity index (χ2n) is 1.52. The molecule has 0 spiro atoms. The van der Waals surface area contributed by atoms with E-state index in [2.05, 4.69) is 11.8 Å². The third kappa shape index (κ3) is 7.47. The molecular formula is C8H10S. The van der Waals surface area contributed by atoms with Crippen molar-refractivity contribution in [3.05, 3.63) is 0 Å². The molecule has 0 aliphatic heterocycles. The van der Waals surface area contributed by atoms with E-state index in [4.69, 9.17) is 12.8 Å². The Kier molecular flexibility index (Phi) is 7.03. The zero-order valence-electron chi connectivity index (χ0n) is 5.39. The third-order valence-corrected chi connectivity index (χ3v) is 1.77. The second-order valence-corrected chi connectivity index (χ2v) is 2.75. The van der Waals surface area contributed by atoms with Gasteiger partial charge in [0.25, 0.3) is 0 Å². The Hall–Kier alpha value is -0.530. The van der Waals surface area contributed by atoms with Crippen LogP contribution >= 0.6 is 11.8 Å². The van der Waals surface area contributed by atoms with Crippen LogP contribution in [0.4, 0.5) is 0 Å². The predicted molar refractivity (Wildman–Crippen MR) is 44.2 cm³/mol. The van der Waals surface area contributed by atoms with Crippen LogP contribution in [0.2, 0.25) is 0 Å². The Morgan fingerprint density at radius 3 is 1.78 bits per heavy atom. The first-order chi connectivity index (χ1) is 4.41. The molecule has 0 aromatic carbocycles. The molecule has 0 radical (unpaired) electrons. The van der Waals surface area contributed by atoms with E-state index in [9.17, 15) is 0 Å². The molecule has 1 heteroatoms. The summed E-state index contributed by atoms with van der Waals surface area (Å²) < 4.78 is 0. The van der Waals surface area contributed by atoms with Gasteiger partial charge in [-0.1, -0.05) is 0 Å². The van der Waals surface area contributed by atoms with Gasteiger partial charge in [-0.3, -0.25) is 0 Å². The molecule has 0 atom stereocenters. The topological polar surface area (TPSA) is 0 Å². The van der Waals surface area contributed by atoms with Crippen LogP contribution in [0, 0.1) is 24.7 Å². The van der Waals surface area contributed by atoms with E-state index in [0.29, 0.717) is 0 Å². The molecule has 0 N–H and O–H groups in total. The van der Waals surface area contributed by atoms with Crippen molar-refractivity contribution in [3.8, 4) is 24.7 Å². The monoisotopic (exact) mass is 138 g/mol. The Bertz CT molecular complexity index is 108. The van der Waals surface area contributed by atoms with Crippen LogP contribution in [0.5, 0.6) is 0 Å². The lowest BCUT2D eigenvalue weighted by molar-refractivity contribution is 1.26. The lowest BCUT2D eigenvalue weighted by atomic mass is 10.5. The molecule has 0 aliphatic rings. The SMILES string of the molecule is C#CCCSCCC#C. The largest absolute Gasteiger partial charge is 0.160 e. The van der Waals surface area contributed by atoms with Crippen molar-refractivity contribution in [1.82, 2.24) is 0 Å². The van der Waals surface area contributed by atoms with E-state index in [-0.39, 0.29) is 0 Å². The van der Waals surface area contributed by atoms with Gasteiger partial charge in [-0.25, -0.2) is 0 Å². The Morgan fingerprint density at radius 2 is 1.44 bits per heavy atom. The summed E-state index contributed by atoms with van der Waals surface area (Å²) in [5, 5.41) is 0. The first-order valence-electron chi connectivity index (χ1n) is 2.86. The number of rotatable bonds is 4. The smallest absolute Gasteiger partial charge is 0.0177 e. The van der Waals surface area contributed by atoms with Crippen molar-refractivity contribution < 1.29 is 0 Å². The molecule has 0 nitrogen and oxygen atoms in total. The number of thioether (sulfide) groups is 1. The minimum atomic E-state index is 0.856. The molecule has 0 bridgehead atoms. The van der Waals surface area contributed by atoms with E-state index in [0.717, 1.165) is 24.3 Å². The van der Waals surface area contributed by atoms with Crippen LogP contribution < -0.4 is 0 Å². The molecule has 9 heavy (non-hydrogen) atoms. The van der Waals surface area contributed by atoms with Gasteiger partial charge in [-0.15, -0.1) is 24.7 Å². The maximum absolute atomic E-state index is 5.04. The minimum Gasteiger partial charge on any atom is -0.160 e. The average Bonchev–Trinajstić information content (AvgIpc) is 1.89. The summed E-state index contributed by atoms with van der Waals surface area (Å²) in [4.78, 5) is 0. The third-order valence-electron chi connectivity index (χ3n) is 0.781. The maximum Gasteiger partial charge on any atom is 0.0177 e. The quantitative estimate of drug-likeness (QED) is 0.421. The summed E-state index contributed by atoms with van der Waals surface area (Å²) in [5.41, 5.74) is 0. The summed E-state index contributed by atoms with van der Waals surface area (Å²) in [6.45, 7) is 0. The lowest BCUT2D eigenvalue weighted by Crippen LogP contribution is -1.79. The minimum absolute atomic E-state index is 0.856. The van der Waals surface area contributed by atoms with Gasteiger partial charge in [0.1, 0.15) is 0 Å². The van der Waals surface area contributed by atoms with Crippen molar-refractivity contribution in [1.29, 1.82) is 0 Å². The van der Waals surface area contributed by atoms with E-state index in [1.165, 1.54) is 0 Å².